The van der Waals surface area contributed by atoms with Gasteiger partial charge in [-0.1, -0.05) is 189 Å². The molecule has 56 heavy (non-hydrogen) atoms. The molecule has 0 aromatic heterocycles. The molecule has 0 heterocycles. The van der Waals surface area contributed by atoms with E-state index in [0.29, 0.717) is 24.5 Å². The van der Waals surface area contributed by atoms with E-state index in [2.05, 4.69) is 54.9 Å². The summed E-state index contributed by atoms with van der Waals surface area (Å²) in [6, 6.07) is 0. The van der Waals surface area contributed by atoms with Gasteiger partial charge in [-0.15, -0.1) is 0 Å². The van der Waals surface area contributed by atoms with Crippen molar-refractivity contribution in [2.75, 3.05) is 50.5 Å². The molecule has 0 amide bonds. The van der Waals surface area contributed by atoms with Crippen molar-refractivity contribution >= 4 is 24.3 Å². The van der Waals surface area contributed by atoms with Gasteiger partial charge in [-0.3, -0.25) is 19.2 Å². The lowest BCUT2D eigenvalue weighted by Crippen LogP contribution is -2.37. The molecule has 1 aromatic carbocycles. The second-order valence-electron chi connectivity index (χ2n) is 16.0. The summed E-state index contributed by atoms with van der Waals surface area (Å²) in [6.45, 7) is 16.4. The van der Waals surface area contributed by atoms with Gasteiger partial charge in [0.05, 0.1) is 6.61 Å². The van der Waals surface area contributed by atoms with Gasteiger partial charge in [0.15, 0.2) is 0 Å². The second kappa shape index (κ2) is 43.7. The number of hydrogen-bond acceptors (Lipinski definition) is 8. The van der Waals surface area contributed by atoms with E-state index in [1.54, 1.807) is 7.05 Å². The zero-order valence-corrected chi connectivity index (χ0v) is 37.6. The Morgan fingerprint density at radius 1 is 0.536 bits per heavy atom. The topological polar surface area (TPSA) is 125 Å². The molecule has 9 heteroatoms. The Kier molecular flexibility index (Phi) is 43.4. The first-order valence-corrected chi connectivity index (χ1v) is 23.4. The Morgan fingerprint density at radius 2 is 0.929 bits per heavy atom. The van der Waals surface area contributed by atoms with E-state index in [9.17, 15) is 14.4 Å². The average molecular weight is 794 g/mol. The molecule has 1 rings (SSSR count). The maximum atomic E-state index is 11.8. The van der Waals surface area contributed by atoms with Crippen LogP contribution in [0.1, 0.15) is 214 Å². The number of carbonyl (C=O) groups excluding carboxylic acids is 1. The normalized spacial score (nSPS) is 11.0. The van der Waals surface area contributed by atoms with E-state index in [-0.39, 0.29) is 11.9 Å². The molecule has 0 fully saturated rings. The molecule has 0 aliphatic rings. The molecule has 0 unspecified atom stereocenters. The molecule has 9 nitrogen and oxygen atoms in total. The molecule has 330 valence electrons. The first-order valence-electron chi connectivity index (χ1n) is 23.4. The zero-order valence-electron chi connectivity index (χ0n) is 37.6. The fraction of sp³-hybridized carbons (Fsp3) is 0.872. The number of nitrogens with one attached hydrogen (secondary N) is 2. The van der Waals surface area contributed by atoms with Crippen LogP contribution >= 0.6 is 0 Å². The van der Waals surface area contributed by atoms with Gasteiger partial charge < -0.3 is 25.4 Å². The molecule has 0 radical (unpaired) electrons. The van der Waals surface area contributed by atoms with Crippen LogP contribution in [0.2, 0.25) is 0 Å². The average Bonchev–Trinajstić information content (AvgIpc) is 3.19. The minimum absolute atomic E-state index is 0.250. The minimum atomic E-state index is -0.395. The van der Waals surface area contributed by atoms with E-state index in [0.717, 1.165) is 37.8 Å². The van der Waals surface area contributed by atoms with Crippen LogP contribution in [0.4, 0.5) is 11.4 Å². The zero-order chi connectivity index (χ0) is 41.9. The van der Waals surface area contributed by atoms with Crippen LogP contribution in [0.25, 0.3) is 0 Å². The number of hydrogen-bond donors (Lipinski definition) is 3. The number of anilines is 2. The quantitative estimate of drug-likeness (QED) is 0.0339. The van der Waals surface area contributed by atoms with Crippen LogP contribution < -0.4 is 21.5 Å². The van der Waals surface area contributed by atoms with Crippen LogP contribution in [-0.4, -0.2) is 62.8 Å². The van der Waals surface area contributed by atoms with Crippen LogP contribution in [0.15, 0.2) is 9.59 Å². The number of nitrogens with zero attached hydrogens (tertiary/aromatic N) is 1. The van der Waals surface area contributed by atoms with Crippen molar-refractivity contribution in [3.8, 4) is 0 Å². The maximum Gasteiger partial charge on any atom is 0.293 e. The van der Waals surface area contributed by atoms with Gasteiger partial charge in [0.1, 0.15) is 11.4 Å². The third-order valence-electron chi connectivity index (χ3n) is 11.1. The molecule has 0 saturated heterocycles. The van der Waals surface area contributed by atoms with E-state index in [1.807, 2.05) is 0 Å². The predicted octanol–water partition coefficient (Wildman–Crippen LogP) is 12.2. The number of ether oxygens (including phenoxy) is 1. The Morgan fingerprint density at radius 3 is 1.39 bits per heavy atom. The fourth-order valence-corrected chi connectivity index (χ4v) is 7.75. The molecule has 0 bridgehead atoms. The lowest BCUT2D eigenvalue weighted by atomic mass is 9.90. The number of rotatable bonds is 39. The highest BCUT2D eigenvalue weighted by Crippen LogP contribution is 2.24. The van der Waals surface area contributed by atoms with Crippen molar-refractivity contribution in [3.05, 3.63) is 20.4 Å². The Labute approximate surface area is 345 Å². The van der Waals surface area contributed by atoms with Crippen LogP contribution in [-0.2, 0) is 14.3 Å². The van der Waals surface area contributed by atoms with Crippen molar-refractivity contribution in [1.29, 1.82) is 0 Å². The maximum absolute atomic E-state index is 11.8. The monoisotopic (exact) mass is 794 g/mol. The molecule has 0 aliphatic heterocycles. The van der Waals surface area contributed by atoms with Gasteiger partial charge in [0, 0.05) is 13.6 Å². The molecule has 0 aliphatic carbocycles. The van der Waals surface area contributed by atoms with Crippen LogP contribution in [0.3, 0.4) is 0 Å². The molecule has 1 aromatic rings. The Balaban J connectivity index is 0. The van der Waals surface area contributed by atoms with Crippen molar-refractivity contribution in [2.24, 2.45) is 11.8 Å². The standard InChI is InChI=1S/C36H69N3O2.C10H20O2.CH2O2/c1-5-8-11-12-17-22-29-39(31-24-28-38-34-33(37-4)35(40)36(34)41)30-23-18-15-13-14-16-21-27-32(25-19-9-6-2)26-20-10-7-3;1-3-5-10(6-4-2)7-8-12-9-11;2-1-3/h32,37-38H,5-31H2,1-4H3;9-10H,3-8H2,1-2H3;1H,(H,2,3). The summed E-state index contributed by atoms with van der Waals surface area (Å²) in [6.07, 6.45) is 37.5. The van der Waals surface area contributed by atoms with Gasteiger partial charge in [0.2, 0.25) is 0 Å². The van der Waals surface area contributed by atoms with E-state index in [1.165, 1.54) is 180 Å². The molecule has 3 N–H and O–H groups in total. The fourth-order valence-electron chi connectivity index (χ4n) is 7.75. The number of unbranched alkanes of at least 4 members (excludes halogenated alkanes) is 15. The smallest absolute Gasteiger partial charge is 0.293 e. The van der Waals surface area contributed by atoms with E-state index in [4.69, 9.17) is 9.90 Å². The highest BCUT2D eigenvalue weighted by molar-refractivity contribution is 5.73. The van der Waals surface area contributed by atoms with E-state index < -0.39 is 5.43 Å². The molecule has 0 atom stereocenters. The van der Waals surface area contributed by atoms with Crippen LogP contribution in [0.5, 0.6) is 0 Å². The number of carbonyl (C=O) groups is 2. The second-order valence-corrected chi connectivity index (χ2v) is 16.0. The summed E-state index contributed by atoms with van der Waals surface area (Å²) in [5.74, 6) is 1.74. The lowest BCUT2D eigenvalue weighted by molar-refractivity contribution is -0.129. The molecular formula is C47H91N3O6. The molecular weight excluding hydrogens is 703 g/mol. The summed E-state index contributed by atoms with van der Waals surface area (Å²) < 4.78 is 4.68. The van der Waals surface area contributed by atoms with Crippen molar-refractivity contribution in [1.82, 2.24) is 4.90 Å². The van der Waals surface area contributed by atoms with Gasteiger partial charge >= 0.3 is 0 Å². The largest absolute Gasteiger partial charge is 0.483 e. The summed E-state index contributed by atoms with van der Waals surface area (Å²) in [5.41, 5.74) is 0.145. The summed E-state index contributed by atoms with van der Waals surface area (Å²) >= 11 is 0. The highest BCUT2D eigenvalue weighted by Gasteiger charge is 2.19. The Bertz CT molecular complexity index is 1030. The third-order valence-corrected chi connectivity index (χ3v) is 11.1. The first-order chi connectivity index (χ1) is 27.3. The lowest BCUT2D eigenvalue weighted by Gasteiger charge is -2.23. The van der Waals surface area contributed by atoms with Gasteiger partial charge in [-0.25, -0.2) is 0 Å². The summed E-state index contributed by atoms with van der Waals surface area (Å²) in [7, 11) is 1.70. The summed E-state index contributed by atoms with van der Waals surface area (Å²) in [5, 5.41) is 12.9. The first kappa shape index (κ1) is 55.7. The number of carboxylic acid groups (broad SMARTS) is 1. The van der Waals surface area contributed by atoms with Crippen molar-refractivity contribution in [3.63, 3.8) is 0 Å². The predicted molar refractivity (Wildman–Crippen MR) is 241 cm³/mol. The van der Waals surface area contributed by atoms with Crippen molar-refractivity contribution < 1.29 is 19.4 Å². The molecule has 0 spiro atoms. The summed E-state index contributed by atoms with van der Waals surface area (Å²) in [4.78, 5) is 44.3. The van der Waals surface area contributed by atoms with Gasteiger partial charge in [-0.2, -0.15) is 0 Å². The van der Waals surface area contributed by atoms with Gasteiger partial charge in [0.25, 0.3) is 23.8 Å². The van der Waals surface area contributed by atoms with Crippen molar-refractivity contribution in [2.45, 2.75) is 214 Å². The van der Waals surface area contributed by atoms with Crippen LogP contribution in [0, 0.1) is 11.8 Å². The Hall–Kier alpha value is -2.42. The minimum Gasteiger partial charge on any atom is -0.483 e. The SMILES string of the molecule is CCCC(CCC)CCOC=O.CCCCCCCCN(CCCCCCCCCC(CCCCC)CCCCC)CCCNc1c(NC)c(=O)c1=O.O=CO. The van der Waals surface area contributed by atoms with Gasteiger partial charge in [-0.05, 0) is 57.2 Å². The highest BCUT2D eigenvalue weighted by atomic mass is 16.5. The molecule has 0 saturated carbocycles. The van der Waals surface area contributed by atoms with E-state index >= 15 is 0 Å². The third kappa shape index (κ3) is 32.6.